The van der Waals surface area contributed by atoms with Gasteiger partial charge in [0.05, 0.1) is 0 Å². The Morgan fingerprint density at radius 1 is 0.524 bits per heavy atom. The molecule has 5 nitrogen and oxygen atoms in total. The van der Waals surface area contributed by atoms with Crippen molar-refractivity contribution < 1.29 is 24.8 Å². The first-order valence-electron chi connectivity index (χ1n) is 6.55. The van der Waals surface area contributed by atoms with Crippen LogP contribution in [0.15, 0.2) is 4.42 Å². The Morgan fingerprint density at radius 3 is 1.14 bits per heavy atom. The molecule has 0 amide bonds. The quantitative estimate of drug-likeness (QED) is 0.474. The van der Waals surface area contributed by atoms with Crippen LogP contribution in [0.4, 0.5) is 0 Å². The predicted octanol–water partition coefficient (Wildman–Crippen LogP) is 3.64. The summed E-state index contributed by atoms with van der Waals surface area (Å²) in [4.78, 5) is 0. The van der Waals surface area contributed by atoms with Crippen LogP contribution < -0.4 is 0 Å². The maximum absolute atomic E-state index is 10.0. The Labute approximate surface area is 120 Å². The van der Waals surface area contributed by atoms with E-state index < -0.39 is 0 Å². The Kier molecular flexibility index (Phi) is 2.54. The number of aromatic hydroxyl groups is 4. The highest BCUT2D eigenvalue weighted by Gasteiger charge is 2.24. The monoisotopic (exact) mass is 288 g/mol. The third-order valence-electron chi connectivity index (χ3n) is 4.21. The topological polar surface area (TPSA) is 94.1 Å². The van der Waals surface area contributed by atoms with Crippen molar-refractivity contribution in [2.24, 2.45) is 0 Å². The largest absolute Gasteiger partial charge is 0.504 e. The van der Waals surface area contributed by atoms with Crippen molar-refractivity contribution in [3.63, 3.8) is 0 Å². The third kappa shape index (κ3) is 1.46. The van der Waals surface area contributed by atoms with Crippen LogP contribution in [-0.2, 0) is 0 Å². The van der Waals surface area contributed by atoms with Crippen molar-refractivity contribution in [3.05, 3.63) is 22.3 Å². The second kappa shape index (κ2) is 3.97. The van der Waals surface area contributed by atoms with Gasteiger partial charge in [-0.05, 0) is 27.7 Å². The van der Waals surface area contributed by atoms with Crippen LogP contribution in [0.1, 0.15) is 22.3 Å². The average molecular weight is 288 g/mol. The molecule has 21 heavy (non-hydrogen) atoms. The highest BCUT2D eigenvalue weighted by Crippen LogP contribution is 2.48. The van der Waals surface area contributed by atoms with E-state index in [0.717, 1.165) is 0 Å². The molecule has 0 saturated heterocycles. The number of furan rings is 1. The van der Waals surface area contributed by atoms with Gasteiger partial charge < -0.3 is 24.8 Å². The fourth-order valence-electron chi connectivity index (χ4n) is 2.84. The number of rotatable bonds is 0. The van der Waals surface area contributed by atoms with Crippen LogP contribution >= 0.6 is 0 Å². The zero-order chi connectivity index (χ0) is 15.6. The first-order chi connectivity index (χ1) is 9.77. The van der Waals surface area contributed by atoms with Gasteiger partial charge in [0.1, 0.15) is 11.2 Å². The zero-order valence-corrected chi connectivity index (χ0v) is 12.2. The second-order valence-corrected chi connectivity index (χ2v) is 5.40. The summed E-state index contributed by atoms with van der Waals surface area (Å²) in [5, 5.41) is 41.3. The number of phenolic OH excluding ortho intramolecular Hbond substituents is 4. The van der Waals surface area contributed by atoms with Gasteiger partial charge in [-0.3, -0.25) is 0 Å². The van der Waals surface area contributed by atoms with E-state index in [0.29, 0.717) is 44.2 Å². The minimum atomic E-state index is -0.220. The predicted molar refractivity (Wildman–Crippen MR) is 79.3 cm³/mol. The minimum Gasteiger partial charge on any atom is -0.504 e. The van der Waals surface area contributed by atoms with E-state index in [-0.39, 0.29) is 23.0 Å². The number of hydrogen-bond acceptors (Lipinski definition) is 5. The van der Waals surface area contributed by atoms with Gasteiger partial charge in [0, 0.05) is 33.0 Å². The van der Waals surface area contributed by atoms with Gasteiger partial charge in [-0.1, -0.05) is 0 Å². The van der Waals surface area contributed by atoms with Gasteiger partial charge in [-0.2, -0.15) is 0 Å². The molecule has 0 saturated carbocycles. The molecule has 0 spiro atoms. The molecule has 3 rings (SSSR count). The smallest absolute Gasteiger partial charge is 0.164 e. The Hall–Kier alpha value is -2.56. The van der Waals surface area contributed by atoms with Gasteiger partial charge in [-0.25, -0.2) is 0 Å². The molecule has 0 aliphatic heterocycles. The third-order valence-corrected chi connectivity index (χ3v) is 4.21. The van der Waals surface area contributed by atoms with Gasteiger partial charge >= 0.3 is 0 Å². The molecule has 3 aromatic rings. The lowest BCUT2D eigenvalue weighted by molar-refractivity contribution is 0.398. The summed E-state index contributed by atoms with van der Waals surface area (Å²) in [5.74, 6) is -0.842. The van der Waals surface area contributed by atoms with Crippen LogP contribution in [0, 0.1) is 27.7 Å². The van der Waals surface area contributed by atoms with Crippen molar-refractivity contribution in [2.45, 2.75) is 27.7 Å². The summed E-state index contributed by atoms with van der Waals surface area (Å²) in [7, 11) is 0. The first-order valence-corrected chi connectivity index (χ1v) is 6.55. The maximum Gasteiger partial charge on any atom is 0.164 e. The van der Waals surface area contributed by atoms with Crippen LogP contribution in [0.5, 0.6) is 23.0 Å². The van der Waals surface area contributed by atoms with Crippen molar-refractivity contribution in [2.75, 3.05) is 0 Å². The van der Waals surface area contributed by atoms with Gasteiger partial charge in [0.15, 0.2) is 23.0 Å². The Morgan fingerprint density at radius 2 is 0.810 bits per heavy atom. The molecule has 110 valence electrons. The minimum absolute atomic E-state index is 0.202. The van der Waals surface area contributed by atoms with Crippen molar-refractivity contribution in [3.8, 4) is 23.0 Å². The van der Waals surface area contributed by atoms with Gasteiger partial charge in [-0.15, -0.1) is 0 Å². The highest BCUT2D eigenvalue weighted by atomic mass is 16.3. The van der Waals surface area contributed by atoms with Crippen LogP contribution in [0.2, 0.25) is 0 Å². The van der Waals surface area contributed by atoms with E-state index in [1.54, 1.807) is 27.7 Å². The van der Waals surface area contributed by atoms with Crippen LogP contribution in [0.3, 0.4) is 0 Å². The summed E-state index contributed by atoms with van der Waals surface area (Å²) in [5.41, 5.74) is 2.66. The maximum atomic E-state index is 10.0. The van der Waals surface area contributed by atoms with Crippen molar-refractivity contribution in [1.29, 1.82) is 0 Å². The van der Waals surface area contributed by atoms with E-state index in [9.17, 15) is 20.4 Å². The number of aryl methyl sites for hydroxylation is 4. The SMILES string of the molecule is Cc1c(O)c(O)c(C)c2c1oc1c(C)c(O)c(O)c(C)c12. The molecule has 0 unspecified atom stereocenters. The van der Waals surface area contributed by atoms with E-state index >= 15 is 0 Å². The number of hydrogen-bond donors (Lipinski definition) is 4. The molecular formula is C16H16O5. The summed E-state index contributed by atoms with van der Waals surface area (Å²) < 4.78 is 5.81. The summed E-state index contributed by atoms with van der Waals surface area (Å²) in [6.45, 7) is 6.63. The lowest BCUT2D eigenvalue weighted by Gasteiger charge is -2.09. The summed E-state index contributed by atoms with van der Waals surface area (Å²) in [6.07, 6.45) is 0. The van der Waals surface area contributed by atoms with Crippen LogP contribution in [-0.4, -0.2) is 20.4 Å². The van der Waals surface area contributed by atoms with Crippen LogP contribution in [0.25, 0.3) is 21.9 Å². The molecule has 2 aromatic carbocycles. The van der Waals surface area contributed by atoms with E-state index in [4.69, 9.17) is 4.42 Å². The molecule has 0 radical (unpaired) electrons. The molecule has 0 fully saturated rings. The first kappa shape index (κ1) is 13.4. The molecule has 4 N–H and O–H groups in total. The highest BCUT2D eigenvalue weighted by molar-refractivity contribution is 6.12. The molecule has 1 heterocycles. The van der Waals surface area contributed by atoms with Crippen molar-refractivity contribution >= 4 is 21.9 Å². The summed E-state index contributed by atoms with van der Waals surface area (Å²) in [6, 6.07) is 0. The lowest BCUT2D eigenvalue weighted by atomic mass is 9.97. The normalized spacial score (nSPS) is 11.6. The molecule has 1 aromatic heterocycles. The van der Waals surface area contributed by atoms with Gasteiger partial charge in [0.2, 0.25) is 0 Å². The van der Waals surface area contributed by atoms with E-state index in [1.165, 1.54) is 0 Å². The molecule has 0 atom stereocenters. The van der Waals surface area contributed by atoms with E-state index in [1.807, 2.05) is 0 Å². The lowest BCUT2D eigenvalue weighted by Crippen LogP contribution is -1.86. The second-order valence-electron chi connectivity index (χ2n) is 5.40. The molecule has 0 aliphatic carbocycles. The number of phenols is 4. The number of fused-ring (bicyclic) bond motifs is 3. The van der Waals surface area contributed by atoms with Gasteiger partial charge in [0.25, 0.3) is 0 Å². The Balaban J connectivity index is 2.73. The molecule has 0 aliphatic rings. The molecule has 5 heteroatoms. The van der Waals surface area contributed by atoms with E-state index in [2.05, 4.69) is 0 Å². The molecular weight excluding hydrogens is 272 g/mol. The Bertz CT molecular complexity index is 844. The van der Waals surface area contributed by atoms with Crippen molar-refractivity contribution in [1.82, 2.24) is 0 Å². The average Bonchev–Trinajstić information content (AvgIpc) is 2.87. The fraction of sp³-hybridized carbons (Fsp3) is 0.250. The molecule has 0 bridgehead atoms. The zero-order valence-electron chi connectivity index (χ0n) is 12.2. The standard InChI is InChI=1S/C16H16O5/c1-5-9-10-6(2)12(18)14(20)8(4)16(10)21-15(9)7(3)13(19)11(5)17/h17-20H,1-4H3. The summed E-state index contributed by atoms with van der Waals surface area (Å²) >= 11 is 0. The fourth-order valence-corrected chi connectivity index (χ4v) is 2.84. The number of benzene rings is 2.